The summed E-state index contributed by atoms with van der Waals surface area (Å²) < 4.78 is 18.4. The Morgan fingerprint density at radius 3 is 2.65 bits per heavy atom. The SMILES string of the molecule is COc1ccc(CC2(C#N)CCCC2)cc1F. The maximum Gasteiger partial charge on any atom is 0.165 e. The number of benzene rings is 1. The van der Waals surface area contributed by atoms with Crippen LogP contribution in [0.1, 0.15) is 31.2 Å². The zero-order chi connectivity index (χ0) is 12.3. The quantitative estimate of drug-likeness (QED) is 0.801. The van der Waals surface area contributed by atoms with Crippen molar-refractivity contribution in [1.29, 1.82) is 5.26 Å². The highest BCUT2D eigenvalue weighted by Crippen LogP contribution is 2.40. The summed E-state index contributed by atoms with van der Waals surface area (Å²) in [7, 11) is 1.45. The molecule has 0 heterocycles. The van der Waals surface area contributed by atoms with Gasteiger partial charge < -0.3 is 4.74 Å². The molecule has 0 spiro atoms. The van der Waals surface area contributed by atoms with Crippen LogP contribution in [-0.2, 0) is 6.42 Å². The van der Waals surface area contributed by atoms with Gasteiger partial charge in [0.15, 0.2) is 11.6 Å². The number of nitriles is 1. The molecule has 90 valence electrons. The van der Waals surface area contributed by atoms with Gasteiger partial charge in [-0.05, 0) is 37.0 Å². The van der Waals surface area contributed by atoms with Crippen LogP contribution in [0, 0.1) is 22.6 Å². The number of hydrogen-bond donors (Lipinski definition) is 0. The molecule has 0 aromatic heterocycles. The van der Waals surface area contributed by atoms with Crippen LogP contribution in [0.15, 0.2) is 18.2 Å². The van der Waals surface area contributed by atoms with Gasteiger partial charge in [-0.1, -0.05) is 18.9 Å². The maximum absolute atomic E-state index is 13.5. The fourth-order valence-corrected chi connectivity index (χ4v) is 2.59. The van der Waals surface area contributed by atoms with E-state index < -0.39 is 0 Å². The first kappa shape index (κ1) is 11.9. The predicted molar refractivity (Wildman–Crippen MR) is 63.2 cm³/mol. The number of nitrogens with zero attached hydrogens (tertiary/aromatic N) is 1. The molecule has 0 N–H and O–H groups in total. The minimum atomic E-state index is -0.351. The second-order valence-corrected chi connectivity index (χ2v) is 4.74. The Hall–Kier alpha value is -1.56. The second-order valence-electron chi connectivity index (χ2n) is 4.74. The van der Waals surface area contributed by atoms with E-state index in [-0.39, 0.29) is 17.0 Å². The van der Waals surface area contributed by atoms with Crippen molar-refractivity contribution in [3.63, 3.8) is 0 Å². The van der Waals surface area contributed by atoms with Crippen LogP contribution < -0.4 is 4.74 Å². The van der Waals surface area contributed by atoms with Gasteiger partial charge in [-0.25, -0.2) is 4.39 Å². The second kappa shape index (κ2) is 4.75. The van der Waals surface area contributed by atoms with Crippen LogP contribution in [0.25, 0.3) is 0 Å². The summed E-state index contributed by atoms with van der Waals surface area (Å²) >= 11 is 0. The minimum absolute atomic E-state index is 0.256. The standard InChI is InChI=1S/C14H16FNO/c1-17-13-5-4-11(8-12(13)15)9-14(10-16)6-2-3-7-14/h4-5,8H,2-3,6-7,9H2,1H3. The predicted octanol–water partition coefficient (Wildman–Crippen LogP) is 3.46. The van der Waals surface area contributed by atoms with Crippen molar-refractivity contribution >= 4 is 0 Å². The van der Waals surface area contributed by atoms with Gasteiger partial charge in [0.05, 0.1) is 18.6 Å². The lowest BCUT2D eigenvalue weighted by Crippen LogP contribution is -2.17. The van der Waals surface area contributed by atoms with Crippen LogP contribution in [0.5, 0.6) is 5.75 Å². The summed E-state index contributed by atoms with van der Waals surface area (Å²) in [6, 6.07) is 7.38. The van der Waals surface area contributed by atoms with Crippen molar-refractivity contribution in [3.8, 4) is 11.8 Å². The summed E-state index contributed by atoms with van der Waals surface area (Å²) in [6.07, 6.45) is 4.71. The molecule has 1 saturated carbocycles. The molecule has 1 aromatic carbocycles. The Bertz CT molecular complexity index is 444. The number of rotatable bonds is 3. The third-order valence-corrected chi connectivity index (χ3v) is 3.56. The molecular weight excluding hydrogens is 217 g/mol. The molecule has 0 bridgehead atoms. The maximum atomic E-state index is 13.5. The highest BCUT2D eigenvalue weighted by molar-refractivity contribution is 5.30. The van der Waals surface area contributed by atoms with E-state index in [4.69, 9.17) is 4.74 Å². The summed E-state index contributed by atoms with van der Waals surface area (Å²) in [6.45, 7) is 0. The molecule has 0 aliphatic heterocycles. The Kier molecular flexibility index (Phi) is 3.33. The molecule has 2 nitrogen and oxygen atoms in total. The fraction of sp³-hybridized carbons (Fsp3) is 0.500. The van der Waals surface area contributed by atoms with Crippen LogP contribution in [0.4, 0.5) is 4.39 Å². The van der Waals surface area contributed by atoms with Gasteiger partial charge in [0.1, 0.15) is 0 Å². The highest BCUT2D eigenvalue weighted by Gasteiger charge is 2.34. The molecule has 1 aromatic rings. The van der Waals surface area contributed by atoms with E-state index >= 15 is 0 Å². The average molecular weight is 233 g/mol. The number of ether oxygens (including phenoxy) is 1. The molecular formula is C14H16FNO. The van der Waals surface area contributed by atoms with E-state index in [0.717, 1.165) is 31.2 Å². The van der Waals surface area contributed by atoms with Gasteiger partial charge in [0.25, 0.3) is 0 Å². The average Bonchev–Trinajstić information content (AvgIpc) is 2.79. The topological polar surface area (TPSA) is 33.0 Å². The first-order valence-electron chi connectivity index (χ1n) is 5.93. The van der Waals surface area contributed by atoms with Crippen molar-refractivity contribution in [1.82, 2.24) is 0 Å². The van der Waals surface area contributed by atoms with Crippen molar-refractivity contribution in [2.24, 2.45) is 5.41 Å². The number of hydrogen-bond acceptors (Lipinski definition) is 2. The molecule has 1 aliphatic carbocycles. The molecule has 0 radical (unpaired) electrons. The van der Waals surface area contributed by atoms with Gasteiger partial charge in [-0.2, -0.15) is 5.26 Å². The Balaban J connectivity index is 2.19. The molecule has 3 heteroatoms. The van der Waals surface area contributed by atoms with E-state index in [2.05, 4.69) is 6.07 Å². The molecule has 1 aliphatic rings. The lowest BCUT2D eigenvalue weighted by atomic mass is 9.81. The molecule has 0 atom stereocenters. The van der Waals surface area contributed by atoms with E-state index in [9.17, 15) is 9.65 Å². The zero-order valence-electron chi connectivity index (χ0n) is 10.0. The lowest BCUT2D eigenvalue weighted by molar-refractivity contribution is 0.382. The summed E-state index contributed by atoms with van der Waals surface area (Å²) in [4.78, 5) is 0. The molecule has 2 rings (SSSR count). The van der Waals surface area contributed by atoms with E-state index in [0.29, 0.717) is 6.42 Å². The van der Waals surface area contributed by atoms with Crippen molar-refractivity contribution in [3.05, 3.63) is 29.6 Å². The largest absolute Gasteiger partial charge is 0.494 e. The van der Waals surface area contributed by atoms with Gasteiger partial charge in [-0.15, -0.1) is 0 Å². The van der Waals surface area contributed by atoms with Gasteiger partial charge in [0.2, 0.25) is 0 Å². The lowest BCUT2D eigenvalue weighted by Gasteiger charge is -2.20. The summed E-state index contributed by atoms with van der Waals surface area (Å²) in [5, 5.41) is 9.28. The van der Waals surface area contributed by atoms with Crippen LogP contribution >= 0.6 is 0 Å². The fourth-order valence-electron chi connectivity index (χ4n) is 2.59. The zero-order valence-corrected chi connectivity index (χ0v) is 10.0. The normalized spacial score (nSPS) is 17.7. The molecule has 1 fully saturated rings. The third kappa shape index (κ3) is 2.41. The summed E-state index contributed by atoms with van der Waals surface area (Å²) in [5.74, 6) is -0.0951. The molecule has 17 heavy (non-hydrogen) atoms. The Morgan fingerprint density at radius 2 is 2.12 bits per heavy atom. The van der Waals surface area contributed by atoms with Crippen LogP contribution in [-0.4, -0.2) is 7.11 Å². The minimum Gasteiger partial charge on any atom is -0.494 e. The van der Waals surface area contributed by atoms with Crippen LogP contribution in [0.3, 0.4) is 0 Å². The highest BCUT2D eigenvalue weighted by atomic mass is 19.1. The van der Waals surface area contributed by atoms with Crippen molar-refractivity contribution < 1.29 is 9.13 Å². The van der Waals surface area contributed by atoms with E-state index in [1.54, 1.807) is 6.07 Å². The number of methoxy groups -OCH3 is 1. The van der Waals surface area contributed by atoms with Gasteiger partial charge in [0, 0.05) is 0 Å². The first-order valence-corrected chi connectivity index (χ1v) is 5.93. The molecule has 0 saturated heterocycles. The monoisotopic (exact) mass is 233 g/mol. The van der Waals surface area contributed by atoms with Gasteiger partial charge in [-0.3, -0.25) is 0 Å². The molecule has 0 unspecified atom stereocenters. The first-order chi connectivity index (χ1) is 8.19. The van der Waals surface area contributed by atoms with Gasteiger partial charge >= 0.3 is 0 Å². The third-order valence-electron chi connectivity index (χ3n) is 3.56. The van der Waals surface area contributed by atoms with Crippen molar-refractivity contribution in [2.45, 2.75) is 32.1 Å². The number of halogens is 1. The van der Waals surface area contributed by atoms with E-state index in [1.165, 1.54) is 13.2 Å². The smallest absolute Gasteiger partial charge is 0.165 e. The Morgan fingerprint density at radius 1 is 1.41 bits per heavy atom. The molecule has 0 amide bonds. The Labute approximate surface area is 101 Å². The summed E-state index contributed by atoms with van der Waals surface area (Å²) in [5.41, 5.74) is 0.604. The van der Waals surface area contributed by atoms with E-state index in [1.807, 2.05) is 6.07 Å². The van der Waals surface area contributed by atoms with Crippen molar-refractivity contribution in [2.75, 3.05) is 7.11 Å². The van der Waals surface area contributed by atoms with Crippen LogP contribution in [0.2, 0.25) is 0 Å².